The third kappa shape index (κ3) is 1.87. The molecule has 0 aliphatic carbocycles. The highest BCUT2D eigenvalue weighted by Crippen LogP contribution is 2.29. The van der Waals surface area contributed by atoms with E-state index in [0.29, 0.717) is 0 Å². The summed E-state index contributed by atoms with van der Waals surface area (Å²) in [5.74, 6) is -2.59. The van der Waals surface area contributed by atoms with Crippen LogP contribution < -0.4 is 0 Å². The van der Waals surface area contributed by atoms with Gasteiger partial charge in [-0.25, -0.2) is 9.18 Å². The van der Waals surface area contributed by atoms with E-state index in [4.69, 9.17) is 15.3 Å². The maximum atomic E-state index is 12.8. The molecule has 1 aromatic rings. The van der Waals surface area contributed by atoms with Gasteiger partial charge < -0.3 is 15.3 Å². The maximum Gasteiger partial charge on any atom is 0.343 e. The van der Waals surface area contributed by atoms with Gasteiger partial charge in [-0.1, -0.05) is 6.07 Å². The number of carboxylic acid groups (broad SMARTS) is 1. The van der Waals surface area contributed by atoms with Crippen LogP contribution >= 0.6 is 0 Å². The minimum Gasteiger partial charge on any atom is -0.504 e. The topological polar surface area (TPSA) is 77.8 Å². The van der Waals surface area contributed by atoms with Crippen LogP contribution in [0.4, 0.5) is 4.39 Å². The predicted octanol–water partition coefficient (Wildman–Crippen LogP) is 1.19. The number of halogens is 1. The van der Waals surface area contributed by atoms with Crippen molar-refractivity contribution in [3.05, 3.63) is 23.8 Å². The molecular weight excluding hydrogens is 179 g/mol. The van der Waals surface area contributed by atoms with Crippen molar-refractivity contribution < 1.29 is 24.5 Å². The first-order valence-electron chi connectivity index (χ1n) is 3.41. The molecular formula is C8H7FO4. The molecule has 5 heteroatoms. The number of carbonyl (C=O) groups is 1. The molecule has 70 valence electrons. The van der Waals surface area contributed by atoms with E-state index in [1.807, 2.05) is 0 Å². The lowest BCUT2D eigenvalue weighted by atomic mass is 10.1. The highest BCUT2D eigenvalue weighted by molar-refractivity contribution is 5.74. The number of phenolic OH excluding ortho intramolecular Hbond substituents is 2. The molecule has 0 aromatic heterocycles. The van der Waals surface area contributed by atoms with Gasteiger partial charge in [0.1, 0.15) is 0 Å². The Hall–Kier alpha value is -1.78. The molecule has 4 nitrogen and oxygen atoms in total. The van der Waals surface area contributed by atoms with Gasteiger partial charge in [-0.2, -0.15) is 0 Å². The van der Waals surface area contributed by atoms with Crippen LogP contribution in [-0.2, 0) is 4.79 Å². The van der Waals surface area contributed by atoms with Gasteiger partial charge in [0.2, 0.25) is 6.17 Å². The molecule has 1 atom stereocenters. The van der Waals surface area contributed by atoms with Gasteiger partial charge in [0.25, 0.3) is 0 Å². The molecule has 13 heavy (non-hydrogen) atoms. The Balaban J connectivity index is 3.03. The second kappa shape index (κ2) is 3.30. The first kappa shape index (κ1) is 9.31. The second-order valence-corrected chi connectivity index (χ2v) is 2.45. The second-order valence-electron chi connectivity index (χ2n) is 2.45. The minimum atomic E-state index is -2.19. The van der Waals surface area contributed by atoms with Crippen LogP contribution in [0.2, 0.25) is 0 Å². The summed E-state index contributed by atoms with van der Waals surface area (Å²) >= 11 is 0. The zero-order chi connectivity index (χ0) is 10.0. The fraction of sp³-hybridized carbons (Fsp3) is 0.125. The van der Waals surface area contributed by atoms with E-state index in [0.717, 1.165) is 18.2 Å². The summed E-state index contributed by atoms with van der Waals surface area (Å²) in [6, 6.07) is 2.99. The van der Waals surface area contributed by atoms with E-state index in [-0.39, 0.29) is 5.56 Å². The highest BCUT2D eigenvalue weighted by Gasteiger charge is 2.19. The van der Waals surface area contributed by atoms with Crippen LogP contribution in [0.3, 0.4) is 0 Å². The fourth-order valence-electron chi connectivity index (χ4n) is 0.841. The number of aliphatic carboxylic acids is 1. The van der Waals surface area contributed by atoms with Crippen molar-refractivity contribution in [3.8, 4) is 11.5 Å². The molecule has 1 aromatic carbocycles. The number of hydrogen-bond donors (Lipinski definition) is 3. The predicted molar refractivity (Wildman–Crippen MR) is 41.3 cm³/mol. The molecule has 1 rings (SSSR count). The van der Waals surface area contributed by atoms with E-state index in [1.54, 1.807) is 0 Å². The summed E-state index contributed by atoms with van der Waals surface area (Å²) in [5, 5.41) is 26.0. The van der Waals surface area contributed by atoms with Gasteiger partial charge in [-0.3, -0.25) is 0 Å². The van der Waals surface area contributed by atoms with Crippen LogP contribution in [0.1, 0.15) is 11.7 Å². The molecule has 0 aliphatic rings. The molecule has 3 N–H and O–H groups in total. The van der Waals surface area contributed by atoms with E-state index in [2.05, 4.69) is 0 Å². The Bertz CT molecular complexity index is 337. The monoisotopic (exact) mass is 186 g/mol. The molecule has 0 heterocycles. The molecule has 0 amide bonds. The standard InChI is InChI=1S/C8H7FO4/c9-7(8(12)13)4-1-2-5(10)6(11)3-4/h1-3,7,10-11H,(H,12,13). The van der Waals surface area contributed by atoms with Crippen molar-refractivity contribution in [3.63, 3.8) is 0 Å². The average molecular weight is 186 g/mol. The lowest BCUT2D eigenvalue weighted by Gasteiger charge is -2.04. The van der Waals surface area contributed by atoms with Crippen LogP contribution in [0.5, 0.6) is 11.5 Å². The molecule has 0 fully saturated rings. The van der Waals surface area contributed by atoms with E-state index < -0.39 is 23.6 Å². The van der Waals surface area contributed by atoms with Gasteiger partial charge in [-0.05, 0) is 12.1 Å². The smallest absolute Gasteiger partial charge is 0.343 e. The zero-order valence-corrected chi connectivity index (χ0v) is 6.44. The van der Waals surface area contributed by atoms with Gasteiger partial charge in [-0.15, -0.1) is 0 Å². The van der Waals surface area contributed by atoms with Gasteiger partial charge in [0.15, 0.2) is 11.5 Å². The fourth-order valence-corrected chi connectivity index (χ4v) is 0.841. The number of phenols is 2. The normalized spacial score (nSPS) is 12.4. The first-order valence-corrected chi connectivity index (χ1v) is 3.41. The largest absolute Gasteiger partial charge is 0.504 e. The summed E-state index contributed by atoms with van der Waals surface area (Å²) in [4.78, 5) is 10.2. The maximum absolute atomic E-state index is 12.8. The Morgan fingerprint density at radius 3 is 2.38 bits per heavy atom. The Labute approximate surface area is 72.9 Å². The average Bonchev–Trinajstić information content (AvgIpc) is 2.08. The van der Waals surface area contributed by atoms with Gasteiger partial charge in [0, 0.05) is 5.56 Å². The van der Waals surface area contributed by atoms with E-state index in [1.165, 1.54) is 0 Å². The molecule has 0 saturated heterocycles. The third-order valence-electron chi connectivity index (χ3n) is 1.51. The molecule has 0 spiro atoms. The lowest BCUT2D eigenvalue weighted by Crippen LogP contribution is -2.05. The SMILES string of the molecule is O=C(O)C(F)c1ccc(O)c(O)c1. The first-order chi connectivity index (χ1) is 6.02. The number of hydrogen-bond acceptors (Lipinski definition) is 3. The van der Waals surface area contributed by atoms with Crippen LogP contribution in [0, 0.1) is 0 Å². The molecule has 0 bridgehead atoms. The zero-order valence-electron chi connectivity index (χ0n) is 6.44. The molecule has 0 radical (unpaired) electrons. The highest BCUT2D eigenvalue weighted by atomic mass is 19.1. The third-order valence-corrected chi connectivity index (χ3v) is 1.51. The van der Waals surface area contributed by atoms with Crippen molar-refractivity contribution in [1.29, 1.82) is 0 Å². The Morgan fingerprint density at radius 2 is 1.92 bits per heavy atom. The van der Waals surface area contributed by atoms with Crippen LogP contribution in [0.15, 0.2) is 18.2 Å². The summed E-state index contributed by atoms with van der Waals surface area (Å²) in [5.41, 5.74) is -0.206. The van der Waals surface area contributed by atoms with Gasteiger partial charge in [0.05, 0.1) is 0 Å². The van der Waals surface area contributed by atoms with Crippen molar-refractivity contribution in [1.82, 2.24) is 0 Å². The quantitative estimate of drug-likeness (QED) is 0.606. The summed E-state index contributed by atoms with van der Waals surface area (Å²) in [7, 11) is 0. The lowest BCUT2D eigenvalue weighted by molar-refractivity contribution is -0.143. The van der Waals surface area contributed by atoms with Crippen molar-refractivity contribution in [2.24, 2.45) is 0 Å². The van der Waals surface area contributed by atoms with Gasteiger partial charge >= 0.3 is 5.97 Å². The summed E-state index contributed by atoms with van der Waals surface area (Å²) < 4.78 is 12.8. The molecule has 1 unspecified atom stereocenters. The van der Waals surface area contributed by atoms with Crippen LogP contribution in [0.25, 0.3) is 0 Å². The number of aromatic hydroxyl groups is 2. The van der Waals surface area contributed by atoms with Crippen molar-refractivity contribution in [2.45, 2.75) is 6.17 Å². The van der Waals surface area contributed by atoms with Crippen LogP contribution in [-0.4, -0.2) is 21.3 Å². The number of alkyl halides is 1. The summed E-state index contributed by atoms with van der Waals surface area (Å²) in [6.45, 7) is 0. The van der Waals surface area contributed by atoms with E-state index in [9.17, 15) is 9.18 Å². The summed E-state index contributed by atoms with van der Waals surface area (Å²) in [6.07, 6.45) is -2.19. The molecule has 0 aliphatic heterocycles. The van der Waals surface area contributed by atoms with E-state index >= 15 is 0 Å². The number of carboxylic acids is 1. The Morgan fingerprint density at radius 1 is 1.31 bits per heavy atom. The number of rotatable bonds is 2. The minimum absolute atomic E-state index is 0.206. The molecule has 0 saturated carbocycles. The Kier molecular flexibility index (Phi) is 2.36. The number of benzene rings is 1. The van der Waals surface area contributed by atoms with Crippen molar-refractivity contribution >= 4 is 5.97 Å². The van der Waals surface area contributed by atoms with Crippen molar-refractivity contribution in [2.75, 3.05) is 0 Å².